The molecule has 0 saturated carbocycles. The monoisotopic (exact) mass is 457 g/mol. The van der Waals surface area contributed by atoms with Crippen LogP contribution in [0.4, 0.5) is 17.2 Å². The van der Waals surface area contributed by atoms with Crippen molar-refractivity contribution in [3.05, 3.63) is 76.2 Å². The largest absolute Gasteiger partial charge is 0.477 e. The van der Waals surface area contributed by atoms with E-state index in [-0.39, 0.29) is 22.2 Å². The average molecular weight is 457 g/mol. The number of ether oxygens (including phenoxy) is 1. The fraction of sp³-hybridized carbons (Fsp3) is 0.150. The summed E-state index contributed by atoms with van der Waals surface area (Å²) >= 11 is 0. The molecule has 2 N–H and O–H groups in total. The van der Waals surface area contributed by atoms with Crippen LogP contribution >= 0.6 is 0 Å². The Kier molecular flexibility index (Phi) is 6.64. The van der Waals surface area contributed by atoms with E-state index in [4.69, 9.17) is 4.74 Å². The van der Waals surface area contributed by atoms with Crippen LogP contribution in [0, 0.1) is 24.0 Å². The van der Waals surface area contributed by atoms with E-state index in [1.54, 1.807) is 19.9 Å². The van der Waals surface area contributed by atoms with Gasteiger partial charge in [-0.2, -0.15) is 0 Å². The van der Waals surface area contributed by atoms with Crippen molar-refractivity contribution in [2.45, 2.75) is 18.7 Å². The minimum absolute atomic E-state index is 0.0272. The Hall–Kier alpha value is -4.06. The second-order valence-corrected chi connectivity index (χ2v) is 8.32. The van der Waals surface area contributed by atoms with Crippen LogP contribution in [-0.4, -0.2) is 35.8 Å². The molecule has 0 aliphatic carbocycles. The van der Waals surface area contributed by atoms with Crippen LogP contribution in [0.15, 0.2) is 59.5 Å². The Bertz CT molecular complexity index is 1240. The minimum Gasteiger partial charge on any atom is -0.477 e. The quantitative estimate of drug-likeness (QED) is 0.387. The smallest absolute Gasteiger partial charge is 0.310 e. The molecule has 12 heteroatoms. The zero-order valence-electron chi connectivity index (χ0n) is 17.1. The van der Waals surface area contributed by atoms with Crippen molar-refractivity contribution >= 4 is 33.1 Å². The Balaban J connectivity index is 1.63. The van der Waals surface area contributed by atoms with Crippen LogP contribution in [0.25, 0.3) is 0 Å². The fourth-order valence-electron chi connectivity index (χ4n) is 2.75. The lowest BCUT2D eigenvalue weighted by atomic mass is 10.3. The van der Waals surface area contributed by atoms with E-state index in [1.807, 2.05) is 0 Å². The molecule has 1 aromatic heterocycles. The summed E-state index contributed by atoms with van der Waals surface area (Å²) in [5.74, 6) is -0.0115. The second kappa shape index (κ2) is 9.39. The summed E-state index contributed by atoms with van der Waals surface area (Å²) in [6.45, 7) is 2.92. The zero-order chi connectivity index (χ0) is 23.3. The summed E-state index contributed by atoms with van der Waals surface area (Å²) in [4.78, 5) is 30.6. The summed E-state index contributed by atoms with van der Waals surface area (Å²) < 4.78 is 32.8. The van der Waals surface area contributed by atoms with Gasteiger partial charge in [0.05, 0.1) is 9.82 Å². The Labute approximate surface area is 183 Å². The van der Waals surface area contributed by atoms with E-state index in [0.717, 1.165) is 0 Å². The highest BCUT2D eigenvalue weighted by Gasteiger charge is 2.17. The normalized spacial score (nSPS) is 10.9. The topological polar surface area (TPSA) is 153 Å². The number of aryl methyl sites for hydroxylation is 2. The number of amides is 1. The molecule has 0 aliphatic heterocycles. The minimum atomic E-state index is -3.89. The Morgan fingerprint density at radius 3 is 2.44 bits per heavy atom. The van der Waals surface area contributed by atoms with Gasteiger partial charge in [0, 0.05) is 23.5 Å². The van der Waals surface area contributed by atoms with Gasteiger partial charge < -0.3 is 10.1 Å². The number of anilines is 2. The highest BCUT2D eigenvalue weighted by atomic mass is 32.2. The maximum absolute atomic E-state index is 12.6. The predicted octanol–water partition coefficient (Wildman–Crippen LogP) is 2.82. The van der Waals surface area contributed by atoms with Gasteiger partial charge >= 0.3 is 5.69 Å². The molecule has 0 radical (unpaired) electrons. The standard InChI is InChI=1S/C20H19N5O6S/c1-13-11-19(22-14(2)21-13)24-32(29,30)16-9-7-15(8-10-16)23-20(26)12-31-18-6-4-3-5-17(18)25(27)28/h3-11H,12H2,1-2H3,(H,23,26)(H,21,22,24). The van der Waals surface area contributed by atoms with Gasteiger partial charge in [-0.05, 0) is 44.2 Å². The number of sulfonamides is 1. The van der Waals surface area contributed by atoms with Crippen LogP contribution in [-0.2, 0) is 14.8 Å². The summed E-state index contributed by atoms with van der Waals surface area (Å²) in [5, 5.41) is 13.5. The third-order valence-corrected chi connectivity index (χ3v) is 5.44. The third kappa shape index (κ3) is 5.76. The molecule has 0 fully saturated rings. The lowest BCUT2D eigenvalue weighted by molar-refractivity contribution is -0.385. The molecule has 3 aromatic rings. The van der Waals surface area contributed by atoms with E-state index in [0.29, 0.717) is 17.2 Å². The van der Waals surface area contributed by atoms with E-state index in [1.165, 1.54) is 48.5 Å². The third-order valence-electron chi connectivity index (χ3n) is 4.07. The molecule has 1 heterocycles. The highest BCUT2D eigenvalue weighted by Crippen LogP contribution is 2.25. The molecule has 1 amide bonds. The molecule has 0 bridgehead atoms. The van der Waals surface area contributed by atoms with E-state index in [9.17, 15) is 23.3 Å². The Morgan fingerprint density at radius 1 is 1.09 bits per heavy atom. The number of nitrogens with one attached hydrogen (secondary N) is 2. The first-order valence-electron chi connectivity index (χ1n) is 9.25. The number of hydrogen-bond acceptors (Lipinski definition) is 8. The van der Waals surface area contributed by atoms with Gasteiger partial charge in [-0.3, -0.25) is 19.6 Å². The van der Waals surface area contributed by atoms with Crippen molar-refractivity contribution in [1.29, 1.82) is 0 Å². The predicted molar refractivity (Wildman–Crippen MR) is 116 cm³/mol. The van der Waals surface area contributed by atoms with E-state index in [2.05, 4.69) is 20.0 Å². The molecule has 0 saturated heterocycles. The van der Waals surface area contributed by atoms with Crippen molar-refractivity contribution in [3.8, 4) is 5.75 Å². The van der Waals surface area contributed by atoms with Crippen LogP contribution in [0.1, 0.15) is 11.5 Å². The van der Waals surface area contributed by atoms with Crippen LogP contribution in [0.3, 0.4) is 0 Å². The molecule has 0 aliphatic rings. The molecule has 11 nitrogen and oxygen atoms in total. The average Bonchev–Trinajstić information content (AvgIpc) is 2.71. The number of rotatable bonds is 8. The lowest BCUT2D eigenvalue weighted by Crippen LogP contribution is -2.20. The maximum Gasteiger partial charge on any atom is 0.310 e. The number of nitro benzene ring substituents is 1. The molecule has 0 spiro atoms. The molecule has 0 unspecified atom stereocenters. The highest BCUT2D eigenvalue weighted by molar-refractivity contribution is 7.92. The number of carbonyl (C=O) groups is 1. The van der Waals surface area contributed by atoms with Crippen LogP contribution < -0.4 is 14.8 Å². The summed E-state index contributed by atoms with van der Waals surface area (Å²) in [7, 11) is -3.89. The number of nitrogens with zero attached hydrogens (tertiary/aromatic N) is 3. The molecule has 32 heavy (non-hydrogen) atoms. The van der Waals surface area contributed by atoms with E-state index < -0.39 is 27.5 Å². The molecule has 0 atom stereocenters. The number of carbonyl (C=O) groups excluding carboxylic acids is 1. The lowest BCUT2D eigenvalue weighted by Gasteiger charge is -2.10. The van der Waals surface area contributed by atoms with Crippen LogP contribution in [0.5, 0.6) is 5.75 Å². The summed E-state index contributed by atoms with van der Waals surface area (Å²) in [6, 6.07) is 12.7. The van der Waals surface area contributed by atoms with Gasteiger partial charge in [-0.1, -0.05) is 12.1 Å². The Morgan fingerprint density at radius 2 is 1.78 bits per heavy atom. The fourth-order valence-corrected chi connectivity index (χ4v) is 3.75. The van der Waals surface area contributed by atoms with Crippen molar-refractivity contribution < 1.29 is 22.9 Å². The van der Waals surface area contributed by atoms with E-state index >= 15 is 0 Å². The van der Waals surface area contributed by atoms with Crippen molar-refractivity contribution in [2.24, 2.45) is 0 Å². The molecule has 2 aromatic carbocycles. The number of para-hydroxylation sites is 2. The number of benzene rings is 2. The van der Waals surface area contributed by atoms with Gasteiger partial charge in [-0.25, -0.2) is 18.4 Å². The van der Waals surface area contributed by atoms with Gasteiger partial charge in [-0.15, -0.1) is 0 Å². The molecular formula is C20H19N5O6S. The first kappa shape index (κ1) is 22.6. The number of aromatic nitrogens is 2. The first-order chi connectivity index (χ1) is 15.1. The SMILES string of the molecule is Cc1cc(NS(=O)(=O)c2ccc(NC(=O)COc3ccccc3[N+](=O)[O-])cc2)nc(C)n1. The van der Waals surface area contributed by atoms with Gasteiger partial charge in [0.2, 0.25) is 0 Å². The second-order valence-electron chi connectivity index (χ2n) is 6.63. The van der Waals surface area contributed by atoms with Crippen molar-refractivity contribution in [2.75, 3.05) is 16.6 Å². The number of hydrogen-bond donors (Lipinski definition) is 2. The molecule has 166 valence electrons. The van der Waals surface area contributed by atoms with Crippen molar-refractivity contribution in [1.82, 2.24) is 9.97 Å². The molecular weight excluding hydrogens is 438 g/mol. The first-order valence-corrected chi connectivity index (χ1v) is 10.7. The van der Waals surface area contributed by atoms with Gasteiger partial charge in [0.25, 0.3) is 15.9 Å². The van der Waals surface area contributed by atoms with Gasteiger partial charge in [0.1, 0.15) is 11.6 Å². The number of nitro groups is 1. The van der Waals surface area contributed by atoms with Gasteiger partial charge in [0.15, 0.2) is 12.4 Å². The maximum atomic E-state index is 12.6. The summed E-state index contributed by atoms with van der Waals surface area (Å²) in [5.41, 5.74) is 0.696. The summed E-state index contributed by atoms with van der Waals surface area (Å²) in [6.07, 6.45) is 0. The zero-order valence-corrected chi connectivity index (χ0v) is 17.9. The molecule has 3 rings (SSSR count). The van der Waals surface area contributed by atoms with Crippen LogP contribution in [0.2, 0.25) is 0 Å². The van der Waals surface area contributed by atoms with Crippen molar-refractivity contribution in [3.63, 3.8) is 0 Å².